The molecule has 80 valence electrons. The molecule has 0 bridgehead atoms. The van der Waals surface area contributed by atoms with E-state index in [2.05, 4.69) is 5.32 Å². The van der Waals surface area contributed by atoms with E-state index in [0.29, 0.717) is 18.7 Å². The molecule has 1 rings (SSSR count). The Labute approximate surface area is 83.7 Å². The zero-order valence-electron chi connectivity index (χ0n) is 8.24. The molecule has 1 fully saturated rings. The van der Waals surface area contributed by atoms with Crippen molar-refractivity contribution in [1.82, 2.24) is 5.32 Å². The molecule has 0 aliphatic heterocycles. The Balaban J connectivity index is 2.36. The Hall–Kier alpha value is -1.06. The summed E-state index contributed by atoms with van der Waals surface area (Å²) in [5.41, 5.74) is 0. The van der Waals surface area contributed by atoms with Gasteiger partial charge < -0.3 is 10.4 Å². The van der Waals surface area contributed by atoms with Crippen LogP contribution in [0.4, 0.5) is 0 Å². The summed E-state index contributed by atoms with van der Waals surface area (Å²) in [6.45, 7) is 0. The van der Waals surface area contributed by atoms with Crippen molar-refractivity contribution in [3.8, 4) is 0 Å². The molecule has 4 heteroatoms. The summed E-state index contributed by atoms with van der Waals surface area (Å²) >= 11 is 0. The second kappa shape index (κ2) is 5.62. The minimum Gasteiger partial charge on any atom is -0.480 e. The summed E-state index contributed by atoms with van der Waals surface area (Å²) in [5, 5.41) is 11.2. The number of carboxylic acids is 1. The first-order chi connectivity index (χ1) is 6.74. The van der Waals surface area contributed by atoms with E-state index in [-0.39, 0.29) is 0 Å². The smallest absolute Gasteiger partial charge is 0.326 e. The molecule has 0 aromatic rings. The van der Waals surface area contributed by atoms with E-state index in [1.165, 1.54) is 19.3 Å². The highest BCUT2D eigenvalue weighted by Crippen LogP contribution is 2.27. The molecule has 0 aromatic carbocycles. The Morgan fingerprint density at radius 3 is 2.57 bits per heavy atom. The third-order valence-corrected chi connectivity index (χ3v) is 2.86. The van der Waals surface area contributed by atoms with E-state index in [1.54, 1.807) is 0 Å². The van der Waals surface area contributed by atoms with Gasteiger partial charge in [0.05, 0.1) is 0 Å². The third-order valence-electron chi connectivity index (χ3n) is 2.86. The lowest BCUT2D eigenvalue weighted by Crippen LogP contribution is -2.37. The molecule has 1 aliphatic carbocycles. The molecular formula is C10H17NO3. The zero-order valence-corrected chi connectivity index (χ0v) is 8.24. The van der Waals surface area contributed by atoms with Gasteiger partial charge in [0, 0.05) is 0 Å². The van der Waals surface area contributed by atoms with E-state index in [1.807, 2.05) is 0 Å². The van der Waals surface area contributed by atoms with Crippen molar-refractivity contribution in [2.24, 2.45) is 5.92 Å². The van der Waals surface area contributed by atoms with Crippen LogP contribution in [0.25, 0.3) is 0 Å². The lowest BCUT2D eigenvalue weighted by Gasteiger charge is -2.24. The summed E-state index contributed by atoms with van der Waals surface area (Å²) in [6, 6.07) is -0.699. The van der Waals surface area contributed by atoms with Gasteiger partial charge in [-0.25, -0.2) is 4.79 Å². The highest BCUT2D eigenvalue weighted by Gasteiger charge is 2.22. The normalized spacial score (nSPS) is 20.0. The highest BCUT2D eigenvalue weighted by atomic mass is 16.4. The maximum atomic E-state index is 10.7. The van der Waals surface area contributed by atoms with E-state index >= 15 is 0 Å². The molecule has 14 heavy (non-hydrogen) atoms. The first-order valence-electron chi connectivity index (χ1n) is 5.16. The summed E-state index contributed by atoms with van der Waals surface area (Å²) in [7, 11) is 0. The van der Waals surface area contributed by atoms with Crippen LogP contribution in [0.15, 0.2) is 0 Å². The number of rotatable bonds is 5. The largest absolute Gasteiger partial charge is 0.480 e. The summed E-state index contributed by atoms with van der Waals surface area (Å²) < 4.78 is 0. The van der Waals surface area contributed by atoms with Crippen molar-refractivity contribution in [2.45, 2.75) is 44.6 Å². The topological polar surface area (TPSA) is 66.4 Å². The van der Waals surface area contributed by atoms with Gasteiger partial charge in [-0.15, -0.1) is 0 Å². The van der Waals surface area contributed by atoms with Crippen molar-refractivity contribution >= 4 is 12.4 Å². The maximum Gasteiger partial charge on any atom is 0.326 e. The number of hydrogen-bond acceptors (Lipinski definition) is 2. The number of carbonyl (C=O) groups is 2. The summed E-state index contributed by atoms with van der Waals surface area (Å²) in [6.07, 6.45) is 6.90. The molecular weight excluding hydrogens is 182 g/mol. The van der Waals surface area contributed by atoms with Crippen LogP contribution in [-0.4, -0.2) is 23.5 Å². The van der Waals surface area contributed by atoms with Crippen LogP contribution in [0.5, 0.6) is 0 Å². The van der Waals surface area contributed by atoms with Crippen molar-refractivity contribution in [3.05, 3.63) is 0 Å². The van der Waals surface area contributed by atoms with E-state index in [4.69, 9.17) is 5.11 Å². The maximum absolute atomic E-state index is 10.7. The SMILES string of the molecule is O=CN[C@@H](CC1CCCCC1)C(=O)O. The number of carbonyl (C=O) groups excluding carboxylic acids is 1. The fraction of sp³-hybridized carbons (Fsp3) is 0.800. The monoisotopic (exact) mass is 199 g/mol. The van der Waals surface area contributed by atoms with Gasteiger partial charge in [0.1, 0.15) is 6.04 Å². The molecule has 1 atom stereocenters. The number of carboxylic acid groups (broad SMARTS) is 1. The zero-order chi connectivity index (χ0) is 10.4. The van der Waals surface area contributed by atoms with Gasteiger partial charge >= 0.3 is 5.97 Å². The minimum absolute atomic E-state index is 0.470. The van der Waals surface area contributed by atoms with Crippen LogP contribution in [0.1, 0.15) is 38.5 Å². The quantitative estimate of drug-likeness (QED) is 0.653. The highest BCUT2D eigenvalue weighted by molar-refractivity contribution is 5.76. The van der Waals surface area contributed by atoms with Gasteiger partial charge in [0.2, 0.25) is 6.41 Å². The van der Waals surface area contributed by atoms with Crippen LogP contribution < -0.4 is 5.32 Å². The fourth-order valence-corrected chi connectivity index (χ4v) is 2.08. The molecule has 0 aromatic heterocycles. The van der Waals surface area contributed by atoms with Crippen molar-refractivity contribution < 1.29 is 14.7 Å². The molecule has 0 heterocycles. The summed E-state index contributed by atoms with van der Waals surface area (Å²) in [5.74, 6) is -0.458. The molecule has 1 aliphatic rings. The van der Waals surface area contributed by atoms with Gasteiger partial charge in [-0.05, 0) is 12.3 Å². The van der Waals surface area contributed by atoms with E-state index in [9.17, 15) is 9.59 Å². The lowest BCUT2D eigenvalue weighted by molar-refractivity contribution is -0.141. The number of nitrogens with one attached hydrogen (secondary N) is 1. The Morgan fingerprint density at radius 2 is 2.07 bits per heavy atom. The molecule has 1 saturated carbocycles. The van der Waals surface area contributed by atoms with E-state index < -0.39 is 12.0 Å². The van der Waals surface area contributed by atoms with Crippen molar-refractivity contribution in [1.29, 1.82) is 0 Å². The standard InChI is InChI=1S/C10H17NO3/c12-7-11-9(10(13)14)6-8-4-2-1-3-5-8/h7-9H,1-6H2,(H,11,12)(H,13,14)/t9-/m0/s1. The Kier molecular flexibility index (Phi) is 4.43. The molecule has 0 saturated heterocycles. The number of aliphatic carboxylic acids is 1. The van der Waals surface area contributed by atoms with Crippen LogP contribution in [0.3, 0.4) is 0 Å². The second-order valence-electron chi connectivity index (χ2n) is 3.92. The average Bonchev–Trinajstić information content (AvgIpc) is 2.18. The molecule has 1 amide bonds. The fourth-order valence-electron chi connectivity index (χ4n) is 2.08. The van der Waals surface area contributed by atoms with E-state index in [0.717, 1.165) is 12.8 Å². The van der Waals surface area contributed by atoms with Crippen LogP contribution >= 0.6 is 0 Å². The Morgan fingerprint density at radius 1 is 1.43 bits per heavy atom. The summed E-state index contributed by atoms with van der Waals surface area (Å²) in [4.78, 5) is 20.9. The third kappa shape index (κ3) is 3.36. The van der Waals surface area contributed by atoms with Crippen LogP contribution in [0, 0.1) is 5.92 Å². The van der Waals surface area contributed by atoms with Gasteiger partial charge in [0.25, 0.3) is 0 Å². The first-order valence-corrected chi connectivity index (χ1v) is 5.16. The molecule has 4 nitrogen and oxygen atoms in total. The first kappa shape index (κ1) is 11.0. The second-order valence-corrected chi connectivity index (χ2v) is 3.92. The minimum atomic E-state index is -0.928. The van der Waals surface area contributed by atoms with Gasteiger partial charge in [0.15, 0.2) is 0 Å². The lowest BCUT2D eigenvalue weighted by atomic mass is 9.85. The van der Waals surface area contributed by atoms with Crippen LogP contribution in [-0.2, 0) is 9.59 Å². The van der Waals surface area contributed by atoms with Gasteiger partial charge in [-0.3, -0.25) is 4.79 Å². The number of amides is 1. The van der Waals surface area contributed by atoms with Crippen LogP contribution in [0.2, 0.25) is 0 Å². The van der Waals surface area contributed by atoms with Crippen molar-refractivity contribution in [3.63, 3.8) is 0 Å². The molecule has 0 spiro atoms. The molecule has 0 radical (unpaired) electrons. The van der Waals surface area contributed by atoms with Gasteiger partial charge in [-0.1, -0.05) is 32.1 Å². The van der Waals surface area contributed by atoms with Crippen molar-refractivity contribution in [2.75, 3.05) is 0 Å². The Bertz CT molecular complexity index is 200. The predicted molar refractivity (Wildman–Crippen MR) is 51.8 cm³/mol. The number of hydrogen-bond donors (Lipinski definition) is 2. The average molecular weight is 199 g/mol. The molecule has 2 N–H and O–H groups in total. The van der Waals surface area contributed by atoms with Gasteiger partial charge in [-0.2, -0.15) is 0 Å². The molecule has 0 unspecified atom stereocenters. The predicted octanol–water partition coefficient (Wildman–Crippen LogP) is 1.16.